The van der Waals surface area contributed by atoms with Crippen LogP contribution in [0, 0.1) is 0 Å². The number of anilines is 2. The highest BCUT2D eigenvalue weighted by Crippen LogP contribution is 2.18. The number of aromatic nitrogens is 2. The van der Waals surface area contributed by atoms with Crippen molar-refractivity contribution in [3.8, 4) is 0 Å². The first-order valence-corrected chi connectivity index (χ1v) is 7.53. The molecule has 118 valence electrons. The lowest BCUT2D eigenvalue weighted by Gasteiger charge is -2.24. The Morgan fingerprint density at radius 1 is 1.05 bits per heavy atom. The summed E-state index contributed by atoms with van der Waals surface area (Å²) in [6, 6.07) is 10.8. The van der Waals surface area contributed by atoms with E-state index in [4.69, 9.17) is 0 Å². The predicted molar refractivity (Wildman–Crippen MR) is 92.2 cm³/mol. The molecule has 5 heteroatoms. The molecule has 0 fully saturated rings. The summed E-state index contributed by atoms with van der Waals surface area (Å²) in [7, 11) is 6.08. The second kappa shape index (κ2) is 7.75. The Labute approximate surface area is 133 Å². The number of nitrogens with one attached hydrogen (secondary N) is 1. The van der Waals surface area contributed by atoms with E-state index in [1.54, 1.807) is 12.4 Å². The maximum Gasteiger partial charge on any atom is 0.171 e. The lowest BCUT2D eigenvalue weighted by atomic mass is 10.2. The van der Waals surface area contributed by atoms with Crippen LogP contribution in [-0.4, -0.2) is 48.6 Å². The quantitative estimate of drug-likeness (QED) is 0.851. The minimum absolute atomic E-state index is 0.282. The molecule has 0 radical (unpaired) electrons. The summed E-state index contributed by atoms with van der Waals surface area (Å²) < 4.78 is 0. The van der Waals surface area contributed by atoms with Crippen LogP contribution in [0.2, 0.25) is 0 Å². The highest BCUT2D eigenvalue weighted by Gasteiger charge is 2.12. The number of hydrogen-bond donors (Lipinski definition) is 1. The van der Waals surface area contributed by atoms with E-state index in [0.29, 0.717) is 0 Å². The molecule has 2 aromatic rings. The largest absolute Gasteiger partial charge is 0.363 e. The Morgan fingerprint density at radius 2 is 1.73 bits per heavy atom. The van der Waals surface area contributed by atoms with Gasteiger partial charge in [-0.25, -0.2) is 9.97 Å². The van der Waals surface area contributed by atoms with E-state index in [-0.39, 0.29) is 6.04 Å². The Bertz CT molecular complexity index is 570. The van der Waals surface area contributed by atoms with Gasteiger partial charge in [0, 0.05) is 45.6 Å². The third kappa shape index (κ3) is 4.70. The van der Waals surface area contributed by atoms with Gasteiger partial charge in [-0.05, 0) is 19.5 Å². The van der Waals surface area contributed by atoms with Gasteiger partial charge in [0.1, 0.15) is 0 Å². The third-order valence-electron chi connectivity index (χ3n) is 3.37. The minimum atomic E-state index is 0.282. The molecule has 0 saturated carbocycles. The van der Waals surface area contributed by atoms with Crippen molar-refractivity contribution in [2.45, 2.75) is 19.5 Å². The molecule has 1 aromatic carbocycles. The van der Waals surface area contributed by atoms with Gasteiger partial charge in [0.2, 0.25) is 0 Å². The molecule has 0 aliphatic heterocycles. The molecule has 0 saturated heterocycles. The third-order valence-corrected chi connectivity index (χ3v) is 3.37. The summed E-state index contributed by atoms with van der Waals surface area (Å²) in [6.07, 6.45) is 3.43. The molecule has 5 nitrogen and oxygen atoms in total. The maximum absolute atomic E-state index is 4.40. The first-order chi connectivity index (χ1) is 10.6. The zero-order valence-corrected chi connectivity index (χ0v) is 13.8. The molecule has 1 aromatic heterocycles. The first kappa shape index (κ1) is 16.2. The van der Waals surface area contributed by atoms with Gasteiger partial charge in [0.15, 0.2) is 11.6 Å². The number of benzene rings is 1. The fourth-order valence-electron chi connectivity index (χ4n) is 2.47. The van der Waals surface area contributed by atoms with E-state index in [0.717, 1.165) is 24.7 Å². The summed E-state index contributed by atoms with van der Waals surface area (Å²) >= 11 is 0. The van der Waals surface area contributed by atoms with E-state index < -0.39 is 0 Å². The van der Waals surface area contributed by atoms with Crippen LogP contribution in [0.4, 0.5) is 11.6 Å². The zero-order valence-electron chi connectivity index (χ0n) is 13.8. The molecule has 2 rings (SSSR count). The predicted octanol–water partition coefficient (Wildman–Crippen LogP) is 2.48. The molecule has 1 unspecified atom stereocenters. The van der Waals surface area contributed by atoms with Crippen molar-refractivity contribution < 1.29 is 0 Å². The molecule has 0 aliphatic rings. The molecule has 0 bridgehead atoms. The number of hydrogen-bond acceptors (Lipinski definition) is 5. The standard InChI is InChI=1S/C17H25N5/c1-14(12-22(4)13-15-8-6-5-7-9-15)20-16-17(21(2)3)19-11-10-18-16/h5-11,14H,12-13H2,1-4H3,(H,18,20). The second-order valence-corrected chi connectivity index (χ2v) is 5.85. The monoisotopic (exact) mass is 299 g/mol. The first-order valence-electron chi connectivity index (χ1n) is 7.53. The van der Waals surface area contributed by atoms with Crippen LogP contribution >= 0.6 is 0 Å². The molecular formula is C17H25N5. The molecule has 0 amide bonds. The van der Waals surface area contributed by atoms with E-state index in [9.17, 15) is 0 Å². The molecule has 1 heterocycles. The Morgan fingerprint density at radius 3 is 2.41 bits per heavy atom. The maximum atomic E-state index is 4.40. The average molecular weight is 299 g/mol. The Kier molecular flexibility index (Phi) is 5.72. The van der Waals surface area contributed by atoms with Crippen LogP contribution in [0.15, 0.2) is 42.7 Å². The second-order valence-electron chi connectivity index (χ2n) is 5.85. The summed E-state index contributed by atoms with van der Waals surface area (Å²) in [4.78, 5) is 13.0. The van der Waals surface area contributed by atoms with Crippen molar-refractivity contribution in [3.05, 3.63) is 48.3 Å². The normalized spacial score (nSPS) is 12.2. The van der Waals surface area contributed by atoms with Crippen LogP contribution in [0.25, 0.3) is 0 Å². The van der Waals surface area contributed by atoms with Crippen molar-refractivity contribution in [2.24, 2.45) is 0 Å². The van der Waals surface area contributed by atoms with Crippen molar-refractivity contribution in [1.29, 1.82) is 0 Å². The molecule has 0 spiro atoms. The van der Waals surface area contributed by atoms with Gasteiger partial charge < -0.3 is 15.1 Å². The molecule has 0 aliphatic carbocycles. The van der Waals surface area contributed by atoms with Crippen molar-refractivity contribution in [2.75, 3.05) is 37.9 Å². The van der Waals surface area contributed by atoms with Gasteiger partial charge in [-0.3, -0.25) is 0 Å². The van der Waals surface area contributed by atoms with Gasteiger partial charge in [0.25, 0.3) is 0 Å². The van der Waals surface area contributed by atoms with Crippen LogP contribution in [0.1, 0.15) is 12.5 Å². The highest BCUT2D eigenvalue weighted by molar-refractivity contribution is 5.59. The minimum Gasteiger partial charge on any atom is -0.363 e. The number of nitrogens with zero attached hydrogens (tertiary/aromatic N) is 4. The van der Waals surface area contributed by atoms with Gasteiger partial charge in [-0.2, -0.15) is 0 Å². The van der Waals surface area contributed by atoms with Crippen molar-refractivity contribution in [3.63, 3.8) is 0 Å². The lowest BCUT2D eigenvalue weighted by Crippen LogP contribution is -2.32. The van der Waals surface area contributed by atoms with Crippen molar-refractivity contribution in [1.82, 2.24) is 14.9 Å². The van der Waals surface area contributed by atoms with Gasteiger partial charge in [-0.15, -0.1) is 0 Å². The van der Waals surface area contributed by atoms with E-state index >= 15 is 0 Å². The summed E-state index contributed by atoms with van der Waals surface area (Å²) in [5, 5.41) is 3.45. The zero-order chi connectivity index (χ0) is 15.9. The molecule has 1 N–H and O–H groups in total. The lowest BCUT2D eigenvalue weighted by molar-refractivity contribution is 0.316. The number of rotatable bonds is 7. The summed E-state index contributed by atoms with van der Waals surface area (Å²) in [5.74, 6) is 1.69. The SMILES string of the molecule is CC(CN(C)Cc1ccccc1)Nc1nccnc1N(C)C. The summed E-state index contributed by atoms with van der Waals surface area (Å²) in [5.41, 5.74) is 1.32. The van der Waals surface area contributed by atoms with Crippen LogP contribution in [-0.2, 0) is 6.54 Å². The van der Waals surface area contributed by atoms with Crippen LogP contribution < -0.4 is 10.2 Å². The molecular weight excluding hydrogens is 274 g/mol. The average Bonchev–Trinajstić information content (AvgIpc) is 2.48. The highest BCUT2D eigenvalue weighted by atomic mass is 15.2. The van der Waals surface area contributed by atoms with Crippen LogP contribution in [0.5, 0.6) is 0 Å². The van der Waals surface area contributed by atoms with Crippen molar-refractivity contribution >= 4 is 11.6 Å². The van der Waals surface area contributed by atoms with E-state index in [1.165, 1.54) is 5.56 Å². The van der Waals surface area contributed by atoms with Crippen LogP contribution in [0.3, 0.4) is 0 Å². The fourth-order valence-corrected chi connectivity index (χ4v) is 2.47. The van der Waals surface area contributed by atoms with E-state index in [2.05, 4.69) is 58.4 Å². The molecule has 1 atom stereocenters. The molecule has 22 heavy (non-hydrogen) atoms. The van der Waals surface area contributed by atoms with Gasteiger partial charge >= 0.3 is 0 Å². The topological polar surface area (TPSA) is 44.3 Å². The van der Waals surface area contributed by atoms with Gasteiger partial charge in [-0.1, -0.05) is 30.3 Å². The Balaban J connectivity index is 1.91. The van der Waals surface area contributed by atoms with E-state index in [1.807, 2.05) is 25.1 Å². The smallest absolute Gasteiger partial charge is 0.171 e. The fraction of sp³-hybridized carbons (Fsp3) is 0.412. The summed E-state index contributed by atoms with van der Waals surface area (Å²) in [6.45, 7) is 4.03. The van der Waals surface area contributed by atoms with Gasteiger partial charge in [0.05, 0.1) is 0 Å². The Hall–Kier alpha value is -2.14. The number of likely N-dealkylation sites (N-methyl/N-ethyl adjacent to an activating group) is 1.